The molecule has 0 N–H and O–H groups in total. The van der Waals surface area contributed by atoms with Crippen LogP contribution in [0.4, 0.5) is 0 Å². The number of hydrogen-bond acceptors (Lipinski definition) is 12. The van der Waals surface area contributed by atoms with Crippen molar-refractivity contribution in [3.05, 3.63) is 109 Å². The minimum atomic E-state index is -0.782. The maximum Gasteiger partial charge on any atom is 0.343 e. The zero-order chi connectivity index (χ0) is 33.3. The Balaban J connectivity index is 1.71. The Morgan fingerprint density at radius 1 is 0.609 bits per heavy atom. The number of carbonyl (C=O) groups excluding carboxylic acids is 5. The van der Waals surface area contributed by atoms with E-state index in [2.05, 4.69) is 13.2 Å². The van der Waals surface area contributed by atoms with Gasteiger partial charge in [-0.05, 0) is 73.2 Å². The summed E-state index contributed by atoms with van der Waals surface area (Å²) in [7, 11) is 0. The van der Waals surface area contributed by atoms with Crippen molar-refractivity contribution in [2.75, 3.05) is 20.2 Å². The number of hydrogen-bond donors (Lipinski definition) is 0. The number of esters is 5. The van der Waals surface area contributed by atoms with Gasteiger partial charge < -0.3 is 33.2 Å². The molecule has 0 heterocycles. The summed E-state index contributed by atoms with van der Waals surface area (Å²) in [5, 5.41) is 0. The Bertz CT molecular complexity index is 1540. The van der Waals surface area contributed by atoms with Crippen molar-refractivity contribution in [3.8, 4) is 23.0 Å². The first-order valence-electron chi connectivity index (χ1n) is 14.0. The van der Waals surface area contributed by atoms with Crippen molar-refractivity contribution in [2.45, 2.75) is 26.2 Å². The van der Waals surface area contributed by atoms with Gasteiger partial charge in [-0.3, -0.25) is 0 Å². The van der Waals surface area contributed by atoms with Gasteiger partial charge in [0.1, 0.15) is 28.6 Å². The van der Waals surface area contributed by atoms with E-state index in [1.54, 1.807) is 0 Å². The molecule has 12 heteroatoms. The predicted molar refractivity (Wildman–Crippen MR) is 163 cm³/mol. The van der Waals surface area contributed by atoms with Gasteiger partial charge in [0.15, 0.2) is 0 Å². The van der Waals surface area contributed by atoms with Gasteiger partial charge in [-0.15, -0.1) is 0 Å². The molecule has 0 aliphatic rings. The first-order chi connectivity index (χ1) is 22.2. The molecule has 0 spiro atoms. The Kier molecular flexibility index (Phi) is 13.6. The molecule has 0 aliphatic carbocycles. The number of rotatable bonds is 17. The first kappa shape index (κ1) is 34.6. The van der Waals surface area contributed by atoms with Gasteiger partial charge >= 0.3 is 29.8 Å². The minimum absolute atomic E-state index is 0.000581. The van der Waals surface area contributed by atoms with Gasteiger partial charge in [-0.25, -0.2) is 24.0 Å². The summed E-state index contributed by atoms with van der Waals surface area (Å²) < 4.78 is 36.4. The van der Waals surface area contributed by atoms with Crippen LogP contribution in [0.15, 0.2) is 92.0 Å². The van der Waals surface area contributed by atoms with E-state index in [0.717, 1.165) is 25.0 Å². The SMILES string of the molecule is C=CC(=O)OCOc1ccc(C(=O)Oc2ccc(OC(=O)c3ccc(OCOC(=O)C=C)cc3)c(C(=O)OCCCCC)c2)cc1. The number of unbranched alkanes of at least 4 members (excludes halogenated alkanes) is 2. The fourth-order valence-corrected chi connectivity index (χ4v) is 3.54. The lowest BCUT2D eigenvalue weighted by Gasteiger charge is -2.13. The molecule has 0 saturated carbocycles. The van der Waals surface area contributed by atoms with Crippen LogP contribution in [-0.4, -0.2) is 50.0 Å². The maximum atomic E-state index is 13.0. The predicted octanol–water partition coefficient (Wildman–Crippen LogP) is 5.60. The van der Waals surface area contributed by atoms with E-state index in [9.17, 15) is 24.0 Å². The highest BCUT2D eigenvalue weighted by atomic mass is 16.7. The van der Waals surface area contributed by atoms with Crippen molar-refractivity contribution in [3.63, 3.8) is 0 Å². The summed E-state index contributed by atoms with van der Waals surface area (Å²) in [6.07, 6.45) is 4.42. The van der Waals surface area contributed by atoms with Crippen LogP contribution >= 0.6 is 0 Å². The standard InChI is InChI=1S/C34H32O12/c1-4-7-8-19-40-34(39)28-20-27(45-32(37)23-9-13-25(14-10-23)41-21-43-30(35)5-2)17-18-29(28)46-33(38)24-11-15-26(16-12-24)42-22-44-31(36)6-3/h5-6,9-18,20H,2-4,7-8,19,21-22H2,1H3. The Morgan fingerprint density at radius 2 is 1.11 bits per heavy atom. The van der Waals surface area contributed by atoms with E-state index < -0.39 is 29.8 Å². The third-order valence-corrected chi connectivity index (χ3v) is 5.93. The summed E-state index contributed by atoms with van der Waals surface area (Å²) in [6.45, 7) is 8.05. The highest BCUT2D eigenvalue weighted by Gasteiger charge is 2.21. The molecule has 0 fully saturated rings. The summed E-state index contributed by atoms with van der Waals surface area (Å²) >= 11 is 0. The third kappa shape index (κ3) is 11.0. The average molecular weight is 633 g/mol. The molecule has 3 rings (SSSR count). The third-order valence-electron chi connectivity index (χ3n) is 5.93. The molecule has 0 atom stereocenters. The second-order valence-corrected chi connectivity index (χ2v) is 9.19. The van der Waals surface area contributed by atoms with Gasteiger partial charge in [-0.2, -0.15) is 0 Å². The van der Waals surface area contributed by atoms with Crippen molar-refractivity contribution in [2.24, 2.45) is 0 Å². The van der Waals surface area contributed by atoms with Crippen molar-refractivity contribution < 1.29 is 57.1 Å². The zero-order valence-corrected chi connectivity index (χ0v) is 25.1. The van der Waals surface area contributed by atoms with E-state index in [1.807, 2.05) is 6.92 Å². The summed E-state index contributed by atoms with van der Waals surface area (Å²) in [4.78, 5) is 60.9. The van der Waals surface area contributed by atoms with Crippen LogP contribution in [0.2, 0.25) is 0 Å². The smallest absolute Gasteiger partial charge is 0.343 e. The minimum Gasteiger partial charge on any atom is -0.462 e. The molecule has 0 radical (unpaired) electrons. The second-order valence-electron chi connectivity index (χ2n) is 9.19. The van der Waals surface area contributed by atoms with Crippen LogP contribution < -0.4 is 18.9 Å². The van der Waals surface area contributed by atoms with E-state index in [-0.39, 0.29) is 48.4 Å². The quantitative estimate of drug-likeness (QED) is 0.0455. The fraction of sp³-hybridized carbons (Fsp3) is 0.206. The molecular formula is C34H32O12. The number of benzene rings is 3. The van der Waals surface area contributed by atoms with Gasteiger partial charge in [0, 0.05) is 12.2 Å². The molecule has 3 aromatic rings. The molecular weight excluding hydrogens is 600 g/mol. The molecule has 0 saturated heterocycles. The monoisotopic (exact) mass is 632 g/mol. The topological polar surface area (TPSA) is 150 Å². The summed E-state index contributed by atoms with van der Waals surface area (Å²) in [5.41, 5.74) is 0.178. The molecule has 0 aromatic heterocycles. The fourth-order valence-electron chi connectivity index (χ4n) is 3.54. The van der Waals surface area contributed by atoms with Gasteiger partial charge in [-0.1, -0.05) is 32.9 Å². The largest absolute Gasteiger partial charge is 0.462 e. The van der Waals surface area contributed by atoms with E-state index >= 15 is 0 Å². The van der Waals surface area contributed by atoms with Crippen LogP contribution in [0.1, 0.15) is 57.3 Å². The molecule has 240 valence electrons. The lowest BCUT2D eigenvalue weighted by molar-refractivity contribution is -0.145. The number of ether oxygens (including phenoxy) is 7. The number of carbonyl (C=O) groups is 5. The molecule has 0 bridgehead atoms. The van der Waals surface area contributed by atoms with Crippen molar-refractivity contribution in [1.29, 1.82) is 0 Å². The van der Waals surface area contributed by atoms with Crippen LogP contribution in [0.5, 0.6) is 23.0 Å². The lowest BCUT2D eigenvalue weighted by Crippen LogP contribution is -2.15. The zero-order valence-electron chi connectivity index (χ0n) is 25.1. The van der Waals surface area contributed by atoms with Crippen LogP contribution in [-0.2, 0) is 23.8 Å². The normalized spacial score (nSPS) is 10.1. The van der Waals surface area contributed by atoms with Gasteiger partial charge in [0.05, 0.1) is 17.7 Å². The molecule has 0 aliphatic heterocycles. The maximum absolute atomic E-state index is 13.0. The van der Waals surface area contributed by atoms with E-state index in [4.69, 9.17) is 33.2 Å². The lowest BCUT2D eigenvalue weighted by atomic mass is 10.1. The Labute approximate surface area is 265 Å². The highest BCUT2D eigenvalue weighted by Crippen LogP contribution is 2.27. The molecule has 46 heavy (non-hydrogen) atoms. The van der Waals surface area contributed by atoms with Gasteiger partial charge in [0.25, 0.3) is 0 Å². The van der Waals surface area contributed by atoms with Crippen LogP contribution in [0, 0.1) is 0 Å². The van der Waals surface area contributed by atoms with Crippen LogP contribution in [0.25, 0.3) is 0 Å². The Hall–Kier alpha value is -5.91. The highest BCUT2D eigenvalue weighted by molar-refractivity contribution is 5.97. The summed E-state index contributed by atoms with van der Waals surface area (Å²) in [6, 6.07) is 15.6. The summed E-state index contributed by atoms with van der Waals surface area (Å²) in [5.74, 6) is -3.03. The van der Waals surface area contributed by atoms with E-state index in [0.29, 0.717) is 17.9 Å². The second kappa shape index (κ2) is 18.0. The first-order valence-corrected chi connectivity index (χ1v) is 14.0. The Morgan fingerprint density at radius 3 is 1.61 bits per heavy atom. The van der Waals surface area contributed by atoms with Crippen molar-refractivity contribution in [1.82, 2.24) is 0 Å². The molecule has 0 unspecified atom stereocenters. The van der Waals surface area contributed by atoms with Crippen LogP contribution in [0.3, 0.4) is 0 Å². The van der Waals surface area contributed by atoms with Gasteiger partial charge in [0.2, 0.25) is 13.6 Å². The molecule has 3 aromatic carbocycles. The molecule has 0 amide bonds. The van der Waals surface area contributed by atoms with Crippen molar-refractivity contribution >= 4 is 29.8 Å². The molecule has 12 nitrogen and oxygen atoms in total. The average Bonchev–Trinajstić information content (AvgIpc) is 3.07. The van der Waals surface area contributed by atoms with E-state index in [1.165, 1.54) is 66.7 Å².